The van der Waals surface area contributed by atoms with Crippen molar-refractivity contribution >= 4 is 31.8 Å². The predicted molar refractivity (Wildman–Crippen MR) is 81.5 cm³/mol. The maximum Gasteiger partial charge on any atom is 0.271 e. The number of aliphatic hydroxyl groups is 2. The molecule has 0 saturated carbocycles. The number of nitrogens with zero attached hydrogens (tertiary/aromatic N) is 3. The lowest BCUT2D eigenvalue weighted by Crippen LogP contribution is -2.22. The molecule has 0 amide bonds. The molecule has 3 heterocycles. The van der Waals surface area contributed by atoms with Crippen molar-refractivity contribution in [1.29, 1.82) is 0 Å². The quantitative estimate of drug-likeness (QED) is 0.713. The Labute approximate surface area is 124 Å². The third-order valence-electron chi connectivity index (χ3n) is 3.37. The number of aromatic nitrogens is 3. The highest BCUT2D eigenvalue weighted by Crippen LogP contribution is 2.31. The largest absolute Gasteiger partial charge is 0.368 e. The number of pyridine rings is 1. The molecule has 3 aromatic heterocycles. The Kier molecular flexibility index (Phi) is 3.48. The molecular weight excluding hydrogens is 290 g/mol. The van der Waals surface area contributed by atoms with Crippen molar-refractivity contribution in [1.82, 2.24) is 14.5 Å². The van der Waals surface area contributed by atoms with Gasteiger partial charge in [0, 0.05) is 24.0 Å². The molecule has 0 aliphatic carbocycles. The molecule has 2 N–H and O–H groups in total. The molecule has 6 nitrogen and oxygen atoms in total. The van der Waals surface area contributed by atoms with Crippen molar-refractivity contribution in [3.8, 4) is 0 Å². The van der Waals surface area contributed by atoms with Crippen LogP contribution in [0.2, 0.25) is 0 Å². The van der Waals surface area contributed by atoms with E-state index in [1.54, 1.807) is 0 Å². The average Bonchev–Trinajstić information content (AvgIpc) is 2.77. The Hall–Kier alpha value is -1.83. The second-order valence-electron chi connectivity index (χ2n) is 5.05. The van der Waals surface area contributed by atoms with Gasteiger partial charge in [-0.1, -0.05) is 0 Å². The first kappa shape index (κ1) is 14.1. The van der Waals surface area contributed by atoms with Crippen LogP contribution in [0.15, 0.2) is 17.2 Å². The second-order valence-corrected chi connectivity index (χ2v) is 6.05. The van der Waals surface area contributed by atoms with Gasteiger partial charge in [-0.05, 0) is 25.5 Å². The number of hydrogen-bond donors (Lipinski definition) is 2. The van der Waals surface area contributed by atoms with E-state index in [2.05, 4.69) is 9.97 Å². The zero-order valence-electron chi connectivity index (χ0n) is 11.7. The fourth-order valence-corrected chi connectivity index (χ4v) is 3.61. The first-order chi connectivity index (χ1) is 9.97. The highest BCUT2D eigenvalue weighted by molar-refractivity contribution is 7.25. The highest BCUT2D eigenvalue weighted by atomic mass is 32.1. The Morgan fingerprint density at radius 1 is 1.38 bits per heavy atom. The first-order valence-corrected chi connectivity index (χ1v) is 7.41. The SMILES string of the molecule is Cc1cc(C)c2c(n1)sc1c(=O)n(CCC(O)O)cnc12. The van der Waals surface area contributed by atoms with Gasteiger partial charge in [-0.15, -0.1) is 11.3 Å². The number of fused-ring (bicyclic) bond motifs is 3. The number of rotatable bonds is 3. The summed E-state index contributed by atoms with van der Waals surface area (Å²) in [7, 11) is 0. The number of thiophene rings is 1. The van der Waals surface area contributed by atoms with E-state index in [1.165, 1.54) is 22.2 Å². The monoisotopic (exact) mass is 305 g/mol. The second kappa shape index (κ2) is 5.18. The molecular formula is C14H15N3O3S. The van der Waals surface area contributed by atoms with Crippen LogP contribution in [0.4, 0.5) is 0 Å². The van der Waals surface area contributed by atoms with Crippen molar-refractivity contribution in [2.45, 2.75) is 33.1 Å². The third kappa shape index (κ3) is 2.44. The fraction of sp³-hybridized carbons (Fsp3) is 0.357. The molecule has 0 saturated heterocycles. The highest BCUT2D eigenvalue weighted by Gasteiger charge is 2.15. The van der Waals surface area contributed by atoms with Crippen LogP contribution in [0.1, 0.15) is 17.7 Å². The van der Waals surface area contributed by atoms with Crippen LogP contribution < -0.4 is 5.56 Å². The van der Waals surface area contributed by atoms with Gasteiger partial charge >= 0.3 is 0 Å². The van der Waals surface area contributed by atoms with Crippen LogP contribution >= 0.6 is 11.3 Å². The van der Waals surface area contributed by atoms with Crippen LogP contribution in [0.3, 0.4) is 0 Å². The van der Waals surface area contributed by atoms with Crippen molar-refractivity contribution in [2.24, 2.45) is 0 Å². The van der Waals surface area contributed by atoms with E-state index in [0.29, 0.717) is 10.2 Å². The normalized spacial score (nSPS) is 11.9. The van der Waals surface area contributed by atoms with E-state index >= 15 is 0 Å². The first-order valence-electron chi connectivity index (χ1n) is 6.59. The van der Waals surface area contributed by atoms with Gasteiger partial charge < -0.3 is 10.2 Å². The molecule has 0 radical (unpaired) electrons. The van der Waals surface area contributed by atoms with Gasteiger partial charge in [0.25, 0.3) is 5.56 Å². The summed E-state index contributed by atoms with van der Waals surface area (Å²) in [5, 5.41) is 18.7. The minimum atomic E-state index is -1.43. The molecule has 0 atom stereocenters. The van der Waals surface area contributed by atoms with Crippen molar-refractivity contribution < 1.29 is 10.2 Å². The summed E-state index contributed by atoms with van der Waals surface area (Å²) in [6, 6.07) is 1.98. The Morgan fingerprint density at radius 3 is 2.86 bits per heavy atom. The van der Waals surface area contributed by atoms with Crippen LogP contribution in [0.5, 0.6) is 0 Å². The number of aliphatic hydroxyl groups excluding tert-OH is 1. The predicted octanol–water partition coefficient (Wildman–Crippen LogP) is 1.32. The smallest absolute Gasteiger partial charge is 0.271 e. The number of aryl methyl sites for hydroxylation is 3. The summed E-state index contributed by atoms with van der Waals surface area (Å²) in [6.45, 7) is 4.13. The summed E-state index contributed by atoms with van der Waals surface area (Å²) in [4.78, 5) is 22.1. The lowest BCUT2D eigenvalue weighted by Gasteiger charge is -2.06. The van der Waals surface area contributed by atoms with Gasteiger partial charge in [0.2, 0.25) is 0 Å². The third-order valence-corrected chi connectivity index (χ3v) is 4.43. The Morgan fingerprint density at radius 2 is 2.14 bits per heavy atom. The van der Waals surface area contributed by atoms with Gasteiger partial charge in [0.15, 0.2) is 6.29 Å². The van der Waals surface area contributed by atoms with Gasteiger partial charge in [-0.2, -0.15) is 0 Å². The molecule has 7 heteroatoms. The van der Waals surface area contributed by atoms with Crippen LogP contribution in [-0.2, 0) is 6.54 Å². The van der Waals surface area contributed by atoms with E-state index < -0.39 is 6.29 Å². The molecule has 0 fully saturated rings. The van der Waals surface area contributed by atoms with E-state index in [9.17, 15) is 4.79 Å². The van der Waals surface area contributed by atoms with Crippen LogP contribution in [-0.4, -0.2) is 31.0 Å². The van der Waals surface area contributed by atoms with E-state index in [0.717, 1.165) is 21.5 Å². The van der Waals surface area contributed by atoms with Crippen molar-refractivity contribution in [2.75, 3.05) is 0 Å². The van der Waals surface area contributed by atoms with Gasteiger partial charge in [-0.25, -0.2) is 9.97 Å². The summed E-state index contributed by atoms with van der Waals surface area (Å²) in [5.74, 6) is 0. The molecule has 0 aromatic carbocycles. The molecule has 21 heavy (non-hydrogen) atoms. The van der Waals surface area contributed by atoms with Crippen LogP contribution in [0, 0.1) is 13.8 Å². The van der Waals surface area contributed by atoms with Gasteiger partial charge in [0.05, 0.1) is 11.8 Å². The topological polar surface area (TPSA) is 88.2 Å². The average molecular weight is 305 g/mol. The molecule has 0 aliphatic heterocycles. The van der Waals surface area contributed by atoms with Gasteiger partial charge in [0.1, 0.15) is 9.53 Å². The lowest BCUT2D eigenvalue weighted by molar-refractivity contribution is -0.0478. The molecule has 0 aliphatic rings. The Bertz CT molecular complexity index is 882. The molecule has 3 aromatic rings. The van der Waals surface area contributed by atoms with Crippen molar-refractivity contribution in [3.63, 3.8) is 0 Å². The molecule has 3 rings (SSSR count). The summed E-state index contributed by atoms with van der Waals surface area (Å²) in [5.41, 5.74) is 2.47. The molecule has 0 unspecified atom stereocenters. The van der Waals surface area contributed by atoms with Crippen LogP contribution in [0.25, 0.3) is 20.4 Å². The summed E-state index contributed by atoms with van der Waals surface area (Å²) < 4.78 is 1.96. The summed E-state index contributed by atoms with van der Waals surface area (Å²) >= 11 is 1.33. The maximum absolute atomic E-state index is 12.4. The van der Waals surface area contributed by atoms with E-state index in [1.807, 2.05) is 19.9 Å². The molecule has 0 spiro atoms. The zero-order valence-corrected chi connectivity index (χ0v) is 12.5. The van der Waals surface area contributed by atoms with E-state index in [4.69, 9.17) is 10.2 Å². The van der Waals surface area contributed by atoms with Gasteiger partial charge in [-0.3, -0.25) is 9.36 Å². The molecule has 110 valence electrons. The van der Waals surface area contributed by atoms with Crippen molar-refractivity contribution in [3.05, 3.63) is 34.0 Å². The minimum absolute atomic E-state index is 0.0916. The zero-order chi connectivity index (χ0) is 15.1. The standard InChI is InChI=1S/C14H15N3O3S/c1-7-5-8(2)16-13-10(7)11-12(21-13)14(20)17(6-15-11)4-3-9(18)19/h5-6,9,18-19H,3-4H2,1-2H3. The maximum atomic E-state index is 12.4. The summed E-state index contributed by atoms with van der Waals surface area (Å²) in [6.07, 6.45) is 0.119. The number of hydrogen-bond acceptors (Lipinski definition) is 6. The minimum Gasteiger partial charge on any atom is -0.368 e. The Balaban J connectivity index is 2.23. The lowest BCUT2D eigenvalue weighted by atomic mass is 10.1. The fourth-order valence-electron chi connectivity index (χ4n) is 2.42. The van der Waals surface area contributed by atoms with E-state index in [-0.39, 0.29) is 18.5 Å². The molecule has 0 bridgehead atoms.